The van der Waals surface area contributed by atoms with Gasteiger partial charge in [-0.05, 0) is 32.4 Å². The lowest BCUT2D eigenvalue weighted by Gasteiger charge is -2.20. The lowest BCUT2D eigenvalue weighted by molar-refractivity contribution is 0.0429. The molecule has 15 heavy (non-hydrogen) atoms. The molecule has 88 valence electrons. The number of rotatable bonds is 4. The van der Waals surface area contributed by atoms with Crippen LogP contribution in [0, 0.1) is 0 Å². The lowest BCUT2D eigenvalue weighted by atomic mass is 10.3. The number of nitrogens with zero attached hydrogens (tertiary/aromatic N) is 1. The lowest BCUT2D eigenvalue weighted by Crippen LogP contribution is -2.32. The fourth-order valence-corrected chi connectivity index (χ4v) is 2.53. The van der Waals surface area contributed by atoms with Gasteiger partial charge in [-0.15, -0.1) is 0 Å². The maximum atomic E-state index is 5.88. The fraction of sp³-hybridized carbons (Fsp3) is 1.00. The molecule has 1 heterocycles. The van der Waals surface area contributed by atoms with E-state index in [1.165, 1.54) is 51.7 Å². The minimum atomic E-state index is 0.579. The number of hydrogen-bond donors (Lipinski definition) is 1. The van der Waals surface area contributed by atoms with Crippen LogP contribution in [0.2, 0.25) is 0 Å². The van der Waals surface area contributed by atoms with E-state index in [1.807, 2.05) is 0 Å². The molecular weight excluding hydrogens is 188 g/mol. The topological polar surface area (TPSA) is 24.5 Å². The first-order chi connectivity index (χ1) is 7.45. The molecule has 2 fully saturated rings. The van der Waals surface area contributed by atoms with E-state index in [-0.39, 0.29) is 0 Å². The zero-order valence-electron chi connectivity index (χ0n) is 9.71. The van der Waals surface area contributed by atoms with Gasteiger partial charge in [0.15, 0.2) is 0 Å². The van der Waals surface area contributed by atoms with E-state index in [0.29, 0.717) is 6.10 Å². The van der Waals surface area contributed by atoms with Crippen molar-refractivity contribution in [3.8, 4) is 0 Å². The Morgan fingerprint density at radius 3 is 2.80 bits per heavy atom. The van der Waals surface area contributed by atoms with Gasteiger partial charge in [-0.25, -0.2) is 0 Å². The number of hydrogen-bond acceptors (Lipinski definition) is 3. The Morgan fingerprint density at radius 2 is 1.93 bits per heavy atom. The molecule has 1 saturated carbocycles. The number of ether oxygens (including phenoxy) is 1. The Balaban J connectivity index is 1.55. The molecule has 2 rings (SSSR count). The first-order valence-corrected chi connectivity index (χ1v) is 6.50. The number of nitrogens with one attached hydrogen (secondary N) is 1. The Kier molecular flexibility index (Phi) is 4.90. The summed E-state index contributed by atoms with van der Waals surface area (Å²) in [7, 11) is 0. The Labute approximate surface area is 93.2 Å². The third-order valence-electron chi connectivity index (χ3n) is 3.50. The maximum absolute atomic E-state index is 5.88. The molecule has 0 amide bonds. The van der Waals surface area contributed by atoms with Crippen LogP contribution < -0.4 is 5.32 Å². The summed E-state index contributed by atoms with van der Waals surface area (Å²) < 4.78 is 5.88. The first kappa shape index (κ1) is 11.4. The highest BCUT2D eigenvalue weighted by Crippen LogP contribution is 2.20. The molecule has 1 saturated heterocycles. The van der Waals surface area contributed by atoms with Gasteiger partial charge in [0.25, 0.3) is 0 Å². The van der Waals surface area contributed by atoms with Gasteiger partial charge >= 0.3 is 0 Å². The summed E-state index contributed by atoms with van der Waals surface area (Å²) in [6, 6.07) is 0. The molecule has 0 aromatic heterocycles. The van der Waals surface area contributed by atoms with Crippen LogP contribution in [0.4, 0.5) is 0 Å². The van der Waals surface area contributed by atoms with E-state index in [4.69, 9.17) is 4.74 Å². The molecular formula is C12H24N2O. The van der Waals surface area contributed by atoms with Crippen molar-refractivity contribution in [2.24, 2.45) is 0 Å². The monoisotopic (exact) mass is 212 g/mol. The Hall–Kier alpha value is -0.120. The maximum Gasteiger partial charge on any atom is 0.0597 e. The van der Waals surface area contributed by atoms with E-state index in [2.05, 4.69) is 10.2 Å². The van der Waals surface area contributed by atoms with Crippen molar-refractivity contribution < 1.29 is 4.74 Å². The average molecular weight is 212 g/mol. The highest BCUT2D eigenvalue weighted by atomic mass is 16.5. The standard InChI is InChI=1S/C12H24N2O/c1-2-5-12(4-1)15-11-10-14-8-3-6-13-7-9-14/h12-13H,1-11H2. The van der Waals surface area contributed by atoms with Crippen LogP contribution in [-0.2, 0) is 4.74 Å². The second-order valence-corrected chi connectivity index (χ2v) is 4.72. The Bertz CT molecular complexity index is 161. The zero-order chi connectivity index (χ0) is 10.3. The molecule has 0 radical (unpaired) electrons. The van der Waals surface area contributed by atoms with Crippen molar-refractivity contribution in [1.82, 2.24) is 10.2 Å². The minimum Gasteiger partial charge on any atom is -0.377 e. The molecule has 0 atom stereocenters. The van der Waals surface area contributed by atoms with Crippen molar-refractivity contribution in [2.45, 2.75) is 38.2 Å². The summed E-state index contributed by atoms with van der Waals surface area (Å²) in [5.74, 6) is 0. The van der Waals surface area contributed by atoms with E-state index in [1.54, 1.807) is 0 Å². The summed E-state index contributed by atoms with van der Waals surface area (Å²) in [5, 5.41) is 3.43. The van der Waals surface area contributed by atoms with Crippen LogP contribution in [-0.4, -0.2) is 50.3 Å². The van der Waals surface area contributed by atoms with Crippen LogP contribution in [0.1, 0.15) is 32.1 Å². The van der Waals surface area contributed by atoms with Crippen LogP contribution in [0.15, 0.2) is 0 Å². The molecule has 1 aliphatic carbocycles. The first-order valence-electron chi connectivity index (χ1n) is 6.50. The molecule has 0 aromatic carbocycles. The third kappa shape index (κ3) is 4.09. The summed E-state index contributed by atoms with van der Waals surface area (Å²) in [6.45, 7) is 6.81. The second-order valence-electron chi connectivity index (χ2n) is 4.72. The van der Waals surface area contributed by atoms with Gasteiger partial charge in [-0.3, -0.25) is 4.90 Å². The van der Waals surface area contributed by atoms with Gasteiger partial charge in [-0.1, -0.05) is 12.8 Å². The van der Waals surface area contributed by atoms with E-state index in [9.17, 15) is 0 Å². The van der Waals surface area contributed by atoms with Crippen molar-refractivity contribution in [3.63, 3.8) is 0 Å². The van der Waals surface area contributed by atoms with Crippen molar-refractivity contribution in [3.05, 3.63) is 0 Å². The van der Waals surface area contributed by atoms with Gasteiger partial charge in [0.2, 0.25) is 0 Å². The minimum absolute atomic E-state index is 0.579. The molecule has 0 aromatic rings. The third-order valence-corrected chi connectivity index (χ3v) is 3.50. The average Bonchev–Trinajstić information content (AvgIpc) is 2.62. The molecule has 0 spiro atoms. The van der Waals surface area contributed by atoms with Crippen LogP contribution >= 0.6 is 0 Å². The quantitative estimate of drug-likeness (QED) is 0.759. The fourth-order valence-electron chi connectivity index (χ4n) is 2.53. The smallest absolute Gasteiger partial charge is 0.0597 e. The molecule has 1 N–H and O–H groups in total. The predicted octanol–water partition coefficient (Wildman–Crippen LogP) is 1.24. The molecule has 0 unspecified atom stereocenters. The summed E-state index contributed by atoms with van der Waals surface area (Å²) in [5.41, 5.74) is 0. The normalized spacial score (nSPS) is 25.6. The van der Waals surface area contributed by atoms with Gasteiger partial charge < -0.3 is 10.1 Å². The second kappa shape index (κ2) is 6.46. The van der Waals surface area contributed by atoms with Crippen molar-refractivity contribution in [2.75, 3.05) is 39.3 Å². The van der Waals surface area contributed by atoms with Gasteiger partial charge in [0.05, 0.1) is 12.7 Å². The van der Waals surface area contributed by atoms with Crippen LogP contribution in [0.3, 0.4) is 0 Å². The molecule has 1 aliphatic heterocycles. The highest BCUT2D eigenvalue weighted by Gasteiger charge is 2.15. The summed E-state index contributed by atoms with van der Waals surface area (Å²) in [4.78, 5) is 2.52. The van der Waals surface area contributed by atoms with Crippen LogP contribution in [0.5, 0.6) is 0 Å². The molecule has 3 heteroatoms. The predicted molar refractivity (Wildman–Crippen MR) is 62.1 cm³/mol. The molecule has 2 aliphatic rings. The van der Waals surface area contributed by atoms with Gasteiger partial charge in [0, 0.05) is 19.6 Å². The van der Waals surface area contributed by atoms with Crippen molar-refractivity contribution in [1.29, 1.82) is 0 Å². The highest BCUT2D eigenvalue weighted by molar-refractivity contribution is 4.68. The summed E-state index contributed by atoms with van der Waals surface area (Å²) >= 11 is 0. The van der Waals surface area contributed by atoms with Crippen molar-refractivity contribution >= 4 is 0 Å². The summed E-state index contributed by atoms with van der Waals surface area (Å²) in [6.07, 6.45) is 7.19. The van der Waals surface area contributed by atoms with Gasteiger partial charge in [-0.2, -0.15) is 0 Å². The van der Waals surface area contributed by atoms with Crippen LogP contribution in [0.25, 0.3) is 0 Å². The molecule has 3 nitrogen and oxygen atoms in total. The van der Waals surface area contributed by atoms with E-state index >= 15 is 0 Å². The zero-order valence-corrected chi connectivity index (χ0v) is 9.71. The Morgan fingerprint density at radius 1 is 1.07 bits per heavy atom. The van der Waals surface area contributed by atoms with E-state index < -0.39 is 0 Å². The van der Waals surface area contributed by atoms with E-state index in [0.717, 1.165) is 19.7 Å². The molecule has 0 bridgehead atoms. The largest absolute Gasteiger partial charge is 0.377 e. The van der Waals surface area contributed by atoms with Gasteiger partial charge in [0.1, 0.15) is 0 Å². The SMILES string of the molecule is C1CCC(OCCN2CCCNCC2)C1.